The summed E-state index contributed by atoms with van der Waals surface area (Å²) in [5.74, 6) is 0.795. The smallest absolute Gasteiger partial charge is 0.266 e. The number of ether oxygens (including phenoxy) is 2. The van der Waals surface area contributed by atoms with Gasteiger partial charge in [-0.2, -0.15) is 5.26 Å². The first kappa shape index (κ1) is 21.6. The van der Waals surface area contributed by atoms with Crippen molar-refractivity contribution in [3.8, 4) is 23.3 Å². The Labute approximate surface area is 177 Å². The molecule has 28 heavy (non-hydrogen) atoms. The summed E-state index contributed by atoms with van der Waals surface area (Å²) in [6.07, 6.45) is 2.38. The van der Waals surface area contributed by atoms with E-state index in [9.17, 15) is 15.2 Å². The molecule has 1 amide bonds. The molecule has 0 radical (unpaired) electrons. The van der Waals surface area contributed by atoms with Gasteiger partial charge in [0, 0.05) is 5.69 Å². The molecule has 0 fully saturated rings. The van der Waals surface area contributed by atoms with E-state index in [-0.39, 0.29) is 11.3 Å². The Morgan fingerprint density at radius 1 is 1.25 bits per heavy atom. The third-order valence-corrected chi connectivity index (χ3v) is 4.38. The molecular formula is C21H21IN2O4. The molecule has 2 N–H and O–H groups in total. The maximum atomic E-state index is 12.4. The largest absolute Gasteiger partial charge is 0.508 e. The molecule has 0 unspecified atom stereocenters. The molecule has 0 aliphatic rings. The van der Waals surface area contributed by atoms with Crippen LogP contribution < -0.4 is 14.8 Å². The molecule has 2 rings (SSSR count). The topological polar surface area (TPSA) is 91.6 Å². The summed E-state index contributed by atoms with van der Waals surface area (Å²) in [5, 5.41) is 21.4. The normalized spacial score (nSPS) is 10.9. The van der Waals surface area contributed by atoms with Crippen LogP contribution in [-0.2, 0) is 4.79 Å². The highest BCUT2D eigenvalue weighted by atomic mass is 127. The number of anilines is 1. The molecule has 7 heteroatoms. The summed E-state index contributed by atoms with van der Waals surface area (Å²) in [7, 11) is 0. The zero-order valence-electron chi connectivity index (χ0n) is 15.7. The van der Waals surface area contributed by atoms with Crippen molar-refractivity contribution in [2.24, 2.45) is 0 Å². The molecule has 2 aromatic carbocycles. The van der Waals surface area contributed by atoms with Crippen molar-refractivity contribution >= 4 is 40.3 Å². The van der Waals surface area contributed by atoms with Gasteiger partial charge in [0.2, 0.25) is 0 Å². The molecule has 0 bridgehead atoms. The van der Waals surface area contributed by atoms with Gasteiger partial charge in [-0.05, 0) is 84.0 Å². The zero-order valence-corrected chi connectivity index (χ0v) is 17.8. The highest BCUT2D eigenvalue weighted by molar-refractivity contribution is 14.1. The minimum atomic E-state index is -0.535. The fraction of sp³-hybridized carbons (Fsp3) is 0.238. The van der Waals surface area contributed by atoms with Crippen LogP contribution >= 0.6 is 22.6 Å². The van der Waals surface area contributed by atoms with Crippen LogP contribution in [-0.4, -0.2) is 24.2 Å². The van der Waals surface area contributed by atoms with E-state index in [0.717, 1.165) is 9.99 Å². The highest BCUT2D eigenvalue weighted by Gasteiger charge is 2.14. The maximum absolute atomic E-state index is 12.4. The number of phenols is 1. The zero-order chi connectivity index (χ0) is 20.5. The minimum absolute atomic E-state index is 0.0476. The molecule has 0 aliphatic heterocycles. The summed E-state index contributed by atoms with van der Waals surface area (Å²) in [6.45, 7) is 4.95. The fourth-order valence-electron chi connectivity index (χ4n) is 2.34. The van der Waals surface area contributed by atoms with Crippen LogP contribution in [0.1, 0.15) is 25.8 Å². The second-order valence-corrected chi connectivity index (χ2v) is 6.94. The number of benzene rings is 2. The van der Waals surface area contributed by atoms with Crippen LogP contribution in [0.15, 0.2) is 42.0 Å². The van der Waals surface area contributed by atoms with Gasteiger partial charge >= 0.3 is 0 Å². The van der Waals surface area contributed by atoms with Crippen molar-refractivity contribution in [3.05, 3.63) is 51.1 Å². The first-order valence-corrected chi connectivity index (χ1v) is 9.87. The van der Waals surface area contributed by atoms with E-state index in [1.807, 2.05) is 26.0 Å². The van der Waals surface area contributed by atoms with Gasteiger partial charge in [0.15, 0.2) is 11.5 Å². The Balaban J connectivity index is 2.30. The molecular weight excluding hydrogens is 471 g/mol. The van der Waals surface area contributed by atoms with Crippen LogP contribution in [0.25, 0.3) is 6.08 Å². The van der Waals surface area contributed by atoms with Gasteiger partial charge in [-0.1, -0.05) is 6.92 Å². The van der Waals surface area contributed by atoms with Crippen molar-refractivity contribution in [2.45, 2.75) is 20.3 Å². The molecule has 0 aliphatic carbocycles. The van der Waals surface area contributed by atoms with Gasteiger partial charge in [0.05, 0.1) is 16.8 Å². The number of nitrogens with one attached hydrogen (secondary N) is 1. The lowest BCUT2D eigenvalue weighted by molar-refractivity contribution is -0.112. The number of carbonyl (C=O) groups is 1. The summed E-state index contributed by atoms with van der Waals surface area (Å²) >= 11 is 2.15. The van der Waals surface area contributed by atoms with Crippen LogP contribution in [0.2, 0.25) is 0 Å². The van der Waals surface area contributed by atoms with Gasteiger partial charge < -0.3 is 19.9 Å². The predicted octanol–water partition coefficient (Wildman–Crippen LogP) is 4.73. The van der Waals surface area contributed by atoms with Crippen LogP contribution in [0, 0.1) is 14.9 Å². The van der Waals surface area contributed by atoms with Crippen molar-refractivity contribution < 1.29 is 19.4 Å². The lowest BCUT2D eigenvalue weighted by atomic mass is 10.1. The Morgan fingerprint density at radius 2 is 1.96 bits per heavy atom. The summed E-state index contributed by atoms with van der Waals surface area (Å²) in [6, 6.07) is 11.5. The minimum Gasteiger partial charge on any atom is -0.508 e. The number of carbonyl (C=O) groups excluding carboxylic acids is 1. The number of phenolic OH excluding ortho intramolecular Hbond substituents is 1. The molecule has 0 saturated heterocycles. The van der Waals surface area contributed by atoms with Crippen LogP contribution in [0.5, 0.6) is 17.2 Å². The molecule has 0 atom stereocenters. The lowest BCUT2D eigenvalue weighted by Crippen LogP contribution is -2.13. The van der Waals surface area contributed by atoms with Crippen molar-refractivity contribution in [2.75, 3.05) is 18.5 Å². The van der Waals surface area contributed by atoms with Crippen molar-refractivity contribution in [1.82, 2.24) is 0 Å². The molecule has 0 heterocycles. The Morgan fingerprint density at radius 3 is 2.57 bits per heavy atom. The van der Waals surface area contributed by atoms with Crippen molar-refractivity contribution in [1.29, 1.82) is 5.26 Å². The van der Waals surface area contributed by atoms with Crippen LogP contribution in [0.3, 0.4) is 0 Å². The van der Waals surface area contributed by atoms with Gasteiger partial charge in [-0.15, -0.1) is 0 Å². The summed E-state index contributed by atoms with van der Waals surface area (Å²) in [5.41, 5.74) is 1.10. The lowest BCUT2D eigenvalue weighted by Gasteiger charge is -2.14. The molecule has 2 aromatic rings. The second kappa shape index (κ2) is 10.6. The Hall–Kier alpha value is -2.73. The second-order valence-electron chi connectivity index (χ2n) is 5.78. The molecule has 146 valence electrons. The Bertz CT molecular complexity index is 902. The van der Waals surface area contributed by atoms with E-state index in [0.29, 0.717) is 36.0 Å². The fourth-order valence-corrected chi connectivity index (χ4v) is 3.12. The van der Waals surface area contributed by atoms with E-state index in [2.05, 4.69) is 27.9 Å². The number of amides is 1. The number of aromatic hydroxyl groups is 1. The predicted molar refractivity (Wildman–Crippen MR) is 116 cm³/mol. The first-order valence-electron chi connectivity index (χ1n) is 8.79. The number of hydrogen-bond donors (Lipinski definition) is 2. The average Bonchev–Trinajstić information content (AvgIpc) is 2.67. The molecule has 6 nitrogen and oxygen atoms in total. The Kier molecular flexibility index (Phi) is 8.14. The molecule has 0 aromatic heterocycles. The number of nitrogens with zero attached hydrogens (tertiary/aromatic N) is 1. The monoisotopic (exact) mass is 492 g/mol. The number of halogens is 1. The number of rotatable bonds is 8. The van der Waals surface area contributed by atoms with E-state index in [1.165, 1.54) is 18.2 Å². The standard InChI is InChI=1S/C21H21IN2O4/c1-3-9-28-20-18(22)11-14(12-19(20)27-4-2)10-15(13-23)21(26)24-16-5-7-17(25)8-6-16/h5-8,10-12,25H,3-4,9H2,1-2H3,(H,24,26)/b15-10-. The maximum Gasteiger partial charge on any atom is 0.266 e. The SMILES string of the molecule is CCCOc1c(I)cc(/C=C(/C#N)C(=O)Nc2ccc(O)cc2)cc1OCC. The van der Waals surface area contributed by atoms with E-state index < -0.39 is 5.91 Å². The third kappa shape index (κ3) is 5.89. The van der Waals surface area contributed by atoms with Gasteiger partial charge in [0.25, 0.3) is 5.91 Å². The van der Waals surface area contributed by atoms with Crippen LogP contribution in [0.4, 0.5) is 5.69 Å². The quantitative estimate of drug-likeness (QED) is 0.241. The molecule has 0 saturated carbocycles. The van der Waals surface area contributed by atoms with Gasteiger partial charge in [-0.3, -0.25) is 4.79 Å². The summed E-state index contributed by atoms with van der Waals surface area (Å²) < 4.78 is 12.3. The number of nitriles is 1. The molecule has 0 spiro atoms. The van der Waals surface area contributed by atoms with Crippen molar-refractivity contribution in [3.63, 3.8) is 0 Å². The highest BCUT2D eigenvalue weighted by Crippen LogP contribution is 2.35. The average molecular weight is 492 g/mol. The van der Waals surface area contributed by atoms with E-state index in [4.69, 9.17) is 9.47 Å². The first-order chi connectivity index (χ1) is 13.5. The number of hydrogen-bond acceptors (Lipinski definition) is 5. The van der Waals surface area contributed by atoms with Gasteiger partial charge in [0.1, 0.15) is 17.4 Å². The van der Waals surface area contributed by atoms with E-state index >= 15 is 0 Å². The third-order valence-electron chi connectivity index (χ3n) is 3.58. The summed E-state index contributed by atoms with van der Waals surface area (Å²) in [4.78, 5) is 12.4. The van der Waals surface area contributed by atoms with Gasteiger partial charge in [-0.25, -0.2) is 0 Å². The van der Waals surface area contributed by atoms with E-state index in [1.54, 1.807) is 18.2 Å².